The second kappa shape index (κ2) is 9.58. The van der Waals surface area contributed by atoms with Crippen molar-refractivity contribution in [3.05, 3.63) is 83.2 Å². The maximum Gasteiger partial charge on any atom is 0.223 e. The van der Waals surface area contributed by atoms with E-state index in [0.29, 0.717) is 40.7 Å². The Bertz CT molecular complexity index is 1270. The molecule has 0 aliphatic carbocycles. The van der Waals surface area contributed by atoms with Crippen LogP contribution < -0.4 is 10.6 Å². The van der Waals surface area contributed by atoms with E-state index in [4.69, 9.17) is 9.97 Å². The maximum absolute atomic E-state index is 14.1. The summed E-state index contributed by atoms with van der Waals surface area (Å²) in [5.41, 5.74) is 2.07. The zero-order chi connectivity index (χ0) is 23.5. The zero-order valence-corrected chi connectivity index (χ0v) is 19.6. The van der Waals surface area contributed by atoms with E-state index in [-0.39, 0.29) is 11.9 Å². The number of thiazole rings is 1. The molecule has 8 heteroatoms. The lowest BCUT2D eigenvalue weighted by molar-refractivity contribution is 0.00582. The van der Waals surface area contributed by atoms with Gasteiger partial charge in [-0.3, -0.25) is 0 Å². The van der Waals surface area contributed by atoms with Crippen LogP contribution >= 0.6 is 11.3 Å². The monoisotopic (exact) mass is 475 g/mol. The quantitative estimate of drug-likeness (QED) is 0.358. The topological polar surface area (TPSA) is 83.0 Å². The Morgan fingerprint density at radius 3 is 2.62 bits per heavy atom. The number of nitrogens with one attached hydrogen (secondary N) is 2. The van der Waals surface area contributed by atoms with E-state index in [1.54, 1.807) is 12.3 Å². The fourth-order valence-electron chi connectivity index (χ4n) is 4.15. The lowest BCUT2D eigenvalue weighted by Gasteiger charge is -2.30. The molecule has 1 aliphatic rings. The maximum atomic E-state index is 14.1. The van der Waals surface area contributed by atoms with Crippen LogP contribution in [0.1, 0.15) is 36.4 Å². The predicted octanol–water partition coefficient (Wildman–Crippen LogP) is 5.15. The van der Waals surface area contributed by atoms with Gasteiger partial charge in [0.15, 0.2) is 0 Å². The van der Waals surface area contributed by atoms with Gasteiger partial charge in [-0.2, -0.15) is 0 Å². The summed E-state index contributed by atoms with van der Waals surface area (Å²) in [6.45, 7) is 3.50. The zero-order valence-electron chi connectivity index (χ0n) is 18.8. The molecule has 2 aromatic heterocycles. The second-order valence-electron chi connectivity index (χ2n) is 8.53. The first-order valence-electron chi connectivity index (χ1n) is 11.4. The van der Waals surface area contributed by atoms with Gasteiger partial charge in [-0.25, -0.2) is 19.3 Å². The van der Waals surface area contributed by atoms with Crippen molar-refractivity contribution >= 4 is 17.3 Å². The molecule has 0 spiro atoms. The van der Waals surface area contributed by atoms with Crippen molar-refractivity contribution in [2.45, 2.75) is 31.4 Å². The molecule has 1 aliphatic heterocycles. The number of anilines is 1. The highest BCUT2D eigenvalue weighted by Crippen LogP contribution is 2.42. The minimum atomic E-state index is -1.01. The third-order valence-electron chi connectivity index (χ3n) is 6.09. The number of rotatable bonds is 6. The molecule has 0 bridgehead atoms. The summed E-state index contributed by atoms with van der Waals surface area (Å²) in [6, 6.07) is 18.3. The van der Waals surface area contributed by atoms with Crippen LogP contribution in [0.4, 0.5) is 10.3 Å². The minimum Gasteiger partial charge on any atom is -0.383 e. The molecule has 2 aromatic carbocycles. The number of halogens is 1. The fraction of sp³-hybridized carbons (Fsp3) is 0.269. The van der Waals surface area contributed by atoms with Crippen LogP contribution in [0.15, 0.2) is 66.9 Å². The van der Waals surface area contributed by atoms with Crippen LogP contribution in [0.3, 0.4) is 0 Å². The molecule has 0 unspecified atom stereocenters. The minimum absolute atomic E-state index is 0.0200. The molecule has 34 heavy (non-hydrogen) atoms. The number of hydrogen-bond donors (Lipinski definition) is 3. The van der Waals surface area contributed by atoms with Gasteiger partial charge < -0.3 is 15.7 Å². The lowest BCUT2D eigenvalue weighted by atomic mass is 9.93. The first-order valence-corrected chi connectivity index (χ1v) is 12.2. The number of piperidine rings is 1. The summed E-state index contributed by atoms with van der Waals surface area (Å²) in [5, 5.41) is 18.6. The highest BCUT2D eigenvalue weighted by Gasteiger charge is 2.35. The van der Waals surface area contributed by atoms with Crippen LogP contribution in [0, 0.1) is 5.82 Å². The molecule has 3 N–H and O–H groups in total. The highest BCUT2D eigenvalue weighted by atomic mass is 32.1. The smallest absolute Gasteiger partial charge is 0.223 e. The molecule has 0 saturated carbocycles. The van der Waals surface area contributed by atoms with Gasteiger partial charge in [0.1, 0.15) is 16.4 Å². The van der Waals surface area contributed by atoms with Crippen molar-refractivity contribution in [3.8, 4) is 21.8 Å². The second-order valence-corrected chi connectivity index (χ2v) is 9.53. The van der Waals surface area contributed by atoms with E-state index in [1.807, 2.05) is 30.3 Å². The normalized spacial score (nSPS) is 16.2. The lowest BCUT2D eigenvalue weighted by Crippen LogP contribution is -2.39. The Balaban J connectivity index is 1.54. The Kier molecular flexibility index (Phi) is 6.36. The first kappa shape index (κ1) is 22.6. The van der Waals surface area contributed by atoms with E-state index in [9.17, 15) is 9.50 Å². The molecular formula is C26H26FN5OS. The van der Waals surface area contributed by atoms with Crippen LogP contribution in [-0.4, -0.2) is 33.1 Å². The Hall–Kier alpha value is -3.20. The van der Waals surface area contributed by atoms with Gasteiger partial charge in [-0.15, -0.1) is 11.3 Å². The van der Waals surface area contributed by atoms with Crippen molar-refractivity contribution in [2.24, 2.45) is 0 Å². The molecule has 6 nitrogen and oxygen atoms in total. The van der Waals surface area contributed by atoms with Crippen molar-refractivity contribution < 1.29 is 9.50 Å². The number of aromatic nitrogens is 3. The molecule has 5 rings (SSSR count). The first-order chi connectivity index (χ1) is 16.5. The summed E-state index contributed by atoms with van der Waals surface area (Å²) >= 11 is 1.41. The molecule has 1 saturated heterocycles. The van der Waals surface area contributed by atoms with Gasteiger partial charge in [-0.05, 0) is 56.6 Å². The Morgan fingerprint density at radius 1 is 1.06 bits per heavy atom. The molecule has 3 heterocycles. The number of aliphatic hydroxyl groups is 1. The van der Waals surface area contributed by atoms with E-state index in [0.717, 1.165) is 23.5 Å². The predicted molar refractivity (Wildman–Crippen MR) is 133 cm³/mol. The SMILES string of the molecule is C[C@H](Nc1nccc(-c2sc(C3(O)CCNCC3)nc2-c2cccc(F)c2)n1)c1ccccc1. The van der Waals surface area contributed by atoms with Crippen LogP contribution in [-0.2, 0) is 5.60 Å². The van der Waals surface area contributed by atoms with Gasteiger partial charge in [-0.1, -0.05) is 42.5 Å². The van der Waals surface area contributed by atoms with E-state index >= 15 is 0 Å². The van der Waals surface area contributed by atoms with Gasteiger partial charge in [0.05, 0.1) is 22.3 Å². The molecule has 0 radical (unpaired) electrons. The average Bonchev–Trinajstić information content (AvgIpc) is 3.32. The molecular weight excluding hydrogens is 449 g/mol. The van der Waals surface area contributed by atoms with Crippen LogP contribution in [0.25, 0.3) is 21.8 Å². The Labute approximate surface area is 202 Å². The summed E-state index contributed by atoms with van der Waals surface area (Å²) in [4.78, 5) is 14.8. The molecule has 0 amide bonds. The van der Waals surface area contributed by atoms with Gasteiger partial charge in [0.25, 0.3) is 0 Å². The third-order valence-corrected chi connectivity index (χ3v) is 7.36. The van der Waals surface area contributed by atoms with E-state index in [1.165, 1.54) is 23.5 Å². The van der Waals surface area contributed by atoms with Crippen molar-refractivity contribution in [2.75, 3.05) is 18.4 Å². The van der Waals surface area contributed by atoms with Crippen LogP contribution in [0.2, 0.25) is 0 Å². The van der Waals surface area contributed by atoms with Gasteiger partial charge in [0, 0.05) is 11.8 Å². The fourth-order valence-corrected chi connectivity index (χ4v) is 5.35. The molecule has 174 valence electrons. The van der Waals surface area contributed by atoms with Crippen molar-refractivity contribution in [1.29, 1.82) is 0 Å². The van der Waals surface area contributed by atoms with Gasteiger partial charge >= 0.3 is 0 Å². The summed E-state index contributed by atoms with van der Waals surface area (Å²) in [6.07, 6.45) is 2.86. The average molecular weight is 476 g/mol. The number of benzene rings is 2. The summed E-state index contributed by atoms with van der Waals surface area (Å²) in [5.74, 6) is 0.162. The summed E-state index contributed by atoms with van der Waals surface area (Å²) in [7, 11) is 0. The highest BCUT2D eigenvalue weighted by molar-refractivity contribution is 7.15. The Morgan fingerprint density at radius 2 is 1.85 bits per heavy atom. The standard InChI is InChI=1S/C26H26FN5OS/c1-17(18-6-3-2-4-7-18)30-25-29-13-10-21(31-25)23-22(19-8-5-9-20(27)16-19)32-24(34-23)26(33)11-14-28-15-12-26/h2-10,13,16-17,28,33H,11-12,14-15H2,1H3,(H,29,30,31)/t17-/m0/s1. The van der Waals surface area contributed by atoms with E-state index in [2.05, 4.69) is 34.7 Å². The van der Waals surface area contributed by atoms with E-state index < -0.39 is 5.60 Å². The number of hydrogen-bond acceptors (Lipinski definition) is 7. The van der Waals surface area contributed by atoms with Gasteiger partial charge in [0.2, 0.25) is 5.95 Å². The van der Waals surface area contributed by atoms with Crippen molar-refractivity contribution in [1.82, 2.24) is 20.3 Å². The third kappa shape index (κ3) is 4.70. The molecule has 4 aromatic rings. The summed E-state index contributed by atoms with van der Waals surface area (Å²) < 4.78 is 14.1. The molecule has 1 fully saturated rings. The molecule has 1 atom stereocenters. The van der Waals surface area contributed by atoms with Crippen LogP contribution in [0.5, 0.6) is 0 Å². The number of nitrogens with zero attached hydrogens (tertiary/aromatic N) is 3. The largest absolute Gasteiger partial charge is 0.383 e. The van der Waals surface area contributed by atoms with Crippen molar-refractivity contribution in [3.63, 3.8) is 0 Å².